The average Bonchev–Trinajstić information content (AvgIpc) is 2.75. The first-order valence-corrected chi connectivity index (χ1v) is 10.1. The monoisotopic (exact) mass is 395 g/mol. The first-order chi connectivity index (χ1) is 14.1. The zero-order chi connectivity index (χ0) is 20.6. The van der Waals surface area contributed by atoms with Gasteiger partial charge in [0.15, 0.2) is 0 Å². The Kier molecular flexibility index (Phi) is 7.11. The third-order valence-electron chi connectivity index (χ3n) is 5.18. The predicted octanol–water partition coefficient (Wildman–Crippen LogP) is 4.07. The number of nitrogens with zero attached hydrogens (tertiary/aromatic N) is 2. The summed E-state index contributed by atoms with van der Waals surface area (Å²) in [5.41, 5.74) is 2.68. The van der Waals surface area contributed by atoms with Gasteiger partial charge in [0.05, 0.1) is 7.11 Å². The molecule has 2 amide bonds. The fourth-order valence-corrected chi connectivity index (χ4v) is 3.60. The highest BCUT2D eigenvalue weighted by molar-refractivity contribution is 5.95. The van der Waals surface area contributed by atoms with Crippen molar-refractivity contribution < 1.29 is 14.3 Å². The molecule has 0 spiro atoms. The van der Waals surface area contributed by atoms with Crippen LogP contribution in [0.5, 0.6) is 5.75 Å². The first kappa shape index (κ1) is 20.7. The van der Waals surface area contributed by atoms with E-state index >= 15 is 0 Å². The van der Waals surface area contributed by atoms with Crippen LogP contribution in [-0.4, -0.2) is 38.6 Å². The molecule has 1 fully saturated rings. The van der Waals surface area contributed by atoms with Crippen LogP contribution < -0.4 is 19.9 Å². The van der Waals surface area contributed by atoms with Crippen LogP contribution in [0.1, 0.15) is 32.6 Å². The highest BCUT2D eigenvalue weighted by Crippen LogP contribution is 2.24. The summed E-state index contributed by atoms with van der Waals surface area (Å²) < 4.78 is 5.17. The van der Waals surface area contributed by atoms with Crippen LogP contribution in [-0.2, 0) is 9.59 Å². The van der Waals surface area contributed by atoms with Gasteiger partial charge in [-0.1, -0.05) is 6.07 Å². The maximum atomic E-state index is 12.3. The van der Waals surface area contributed by atoms with E-state index in [9.17, 15) is 9.59 Å². The van der Waals surface area contributed by atoms with E-state index in [1.807, 2.05) is 30.3 Å². The fourth-order valence-electron chi connectivity index (χ4n) is 3.60. The minimum absolute atomic E-state index is 0.0788. The van der Waals surface area contributed by atoms with Crippen LogP contribution in [0.25, 0.3) is 0 Å². The van der Waals surface area contributed by atoms with Crippen LogP contribution in [0.4, 0.5) is 17.1 Å². The summed E-state index contributed by atoms with van der Waals surface area (Å²) >= 11 is 0. The van der Waals surface area contributed by atoms with E-state index in [2.05, 4.69) is 22.3 Å². The summed E-state index contributed by atoms with van der Waals surface area (Å²) in [4.78, 5) is 28.5. The Morgan fingerprint density at radius 2 is 1.79 bits per heavy atom. The second-order valence-electron chi connectivity index (χ2n) is 7.26. The van der Waals surface area contributed by atoms with E-state index in [0.717, 1.165) is 18.8 Å². The number of nitrogens with one attached hydrogen (secondary N) is 1. The molecule has 1 aliphatic heterocycles. The van der Waals surface area contributed by atoms with Crippen molar-refractivity contribution in [1.82, 2.24) is 0 Å². The summed E-state index contributed by atoms with van der Waals surface area (Å²) in [6.07, 6.45) is 3.96. The molecule has 2 aromatic carbocycles. The van der Waals surface area contributed by atoms with Gasteiger partial charge in [-0.2, -0.15) is 0 Å². The Balaban J connectivity index is 1.59. The number of ether oxygens (including phenoxy) is 1. The number of hydrogen-bond donors (Lipinski definition) is 1. The van der Waals surface area contributed by atoms with Crippen LogP contribution in [0.2, 0.25) is 0 Å². The zero-order valence-electron chi connectivity index (χ0n) is 17.2. The molecule has 1 aliphatic rings. The minimum Gasteiger partial charge on any atom is -0.497 e. The van der Waals surface area contributed by atoms with Gasteiger partial charge in [-0.15, -0.1) is 0 Å². The molecule has 2 aromatic rings. The van der Waals surface area contributed by atoms with Gasteiger partial charge < -0.3 is 19.9 Å². The van der Waals surface area contributed by atoms with Gasteiger partial charge >= 0.3 is 0 Å². The number of anilines is 3. The van der Waals surface area contributed by atoms with Gasteiger partial charge in [-0.25, -0.2) is 0 Å². The summed E-state index contributed by atoms with van der Waals surface area (Å²) in [5.74, 6) is 0.460. The summed E-state index contributed by atoms with van der Waals surface area (Å²) in [6, 6.07) is 15.3. The Labute approximate surface area is 172 Å². The number of methoxy groups -OCH3 is 1. The van der Waals surface area contributed by atoms with Crippen molar-refractivity contribution in [3.8, 4) is 5.75 Å². The molecule has 0 radical (unpaired) electrons. The van der Waals surface area contributed by atoms with Crippen molar-refractivity contribution in [2.75, 3.05) is 41.9 Å². The molecule has 0 bridgehead atoms. The minimum atomic E-state index is -0.144. The maximum Gasteiger partial charge on any atom is 0.226 e. The molecule has 3 rings (SSSR count). The quantitative estimate of drug-likeness (QED) is 0.768. The van der Waals surface area contributed by atoms with Gasteiger partial charge in [0, 0.05) is 56.1 Å². The van der Waals surface area contributed by atoms with Crippen molar-refractivity contribution in [1.29, 1.82) is 0 Å². The van der Waals surface area contributed by atoms with Crippen molar-refractivity contribution in [2.24, 2.45) is 0 Å². The molecular weight excluding hydrogens is 366 g/mol. The molecule has 0 unspecified atom stereocenters. The molecule has 6 heteroatoms. The van der Waals surface area contributed by atoms with Crippen LogP contribution in [0, 0.1) is 0 Å². The molecule has 1 saturated heterocycles. The van der Waals surface area contributed by atoms with Gasteiger partial charge in [0.1, 0.15) is 5.75 Å². The number of hydrogen-bond acceptors (Lipinski definition) is 4. The molecule has 0 atom stereocenters. The third kappa shape index (κ3) is 5.73. The molecular formula is C23H29N3O3. The molecule has 0 saturated carbocycles. The highest BCUT2D eigenvalue weighted by atomic mass is 16.5. The third-order valence-corrected chi connectivity index (χ3v) is 5.18. The summed E-state index contributed by atoms with van der Waals surface area (Å²) in [5, 5.41) is 2.85. The van der Waals surface area contributed by atoms with Crippen molar-refractivity contribution in [2.45, 2.75) is 32.6 Å². The number of piperidine rings is 1. The van der Waals surface area contributed by atoms with Crippen molar-refractivity contribution in [3.63, 3.8) is 0 Å². The van der Waals surface area contributed by atoms with Gasteiger partial charge in [0.25, 0.3) is 0 Å². The van der Waals surface area contributed by atoms with Crippen LogP contribution in [0.3, 0.4) is 0 Å². The number of carbonyl (C=O) groups is 2. The number of rotatable bonds is 7. The van der Waals surface area contributed by atoms with Gasteiger partial charge in [-0.3, -0.25) is 9.59 Å². The first-order valence-electron chi connectivity index (χ1n) is 10.1. The molecule has 1 N–H and O–H groups in total. The zero-order valence-corrected chi connectivity index (χ0v) is 17.2. The number of amides is 2. The Morgan fingerprint density at radius 3 is 2.45 bits per heavy atom. The smallest absolute Gasteiger partial charge is 0.226 e. The SMILES string of the molecule is COc1cccc(NC(=O)CCN(C(C)=O)c2ccc(N3CCCCC3)cc2)c1. The Hall–Kier alpha value is -3.02. The summed E-state index contributed by atoms with van der Waals surface area (Å²) in [7, 11) is 1.59. The van der Waals surface area contributed by atoms with Crippen LogP contribution >= 0.6 is 0 Å². The number of benzene rings is 2. The molecule has 0 aromatic heterocycles. The molecule has 6 nitrogen and oxygen atoms in total. The number of carbonyl (C=O) groups excluding carboxylic acids is 2. The van der Waals surface area contributed by atoms with Crippen LogP contribution in [0.15, 0.2) is 48.5 Å². The van der Waals surface area contributed by atoms with Crippen molar-refractivity contribution in [3.05, 3.63) is 48.5 Å². The van der Waals surface area contributed by atoms with E-state index in [1.165, 1.54) is 31.9 Å². The lowest BCUT2D eigenvalue weighted by molar-refractivity contribution is -0.117. The maximum absolute atomic E-state index is 12.3. The lowest BCUT2D eigenvalue weighted by Crippen LogP contribution is -2.32. The van der Waals surface area contributed by atoms with Crippen molar-refractivity contribution >= 4 is 28.9 Å². The lowest BCUT2D eigenvalue weighted by atomic mass is 10.1. The van der Waals surface area contributed by atoms with E-state index in [4.69, 9.17) is 4.74 Å². The normalized spacial score (nSPS) is 13.7. The van der Waals surface area contributed by atoms with E-state index < -0.39 is 0 Å². The molecule has 154 valence electrons. The summed E-state index contributed by atoms with van der Waals surface area (Å²) in [6.45, 7) is 4.02. The fraction of sp³-hybridized carbons (Fsp3) is 0.391. The second kappa shape index (κ2) is 9.96. The molecule has 0 aliphatic carbocycles. The average molecular weight is 396 g/mol. The Morgan fingerprint density at radius 1 is 1.07 bits per heavy atom. The standard InChI is InChI=1S/C23H29N3O3/c1-18(27)26(16-13-23(28)24-19-7-6-8-22(17-19)29-2)21-11-9-20(10-12-21)25-14-4-3-5-15-25/h6-12,17H,3-5,13-16H2,1-2H3,(H,24,28). The predicted molar refractivity (Wildman–Crippen MR) is 117 cm³/mol. The van der Waals surface area contributed by atoms with Gasteiger partial charge in [-0.05, 0) is 55.7 Å². The highest BCUT2D eigenvalue weighted by Gasteiger charge is 2.15. The van der Waals surface area contributed by atoms with E-state index in [0.29, 0.717) is 18.0 Å². The second-order valence-corrected chi connectivity index (χ2v) is 7.26. The van der Waals surface area contributed by atoms with E-state index in [-0.39, 0.29) is 18.2 Å². The largest absolute Gasteiger partial charge is 0.497 e. The van der Waals surface area contributed by atoms with E-state index in [1.54, 1.807) is 18.1 Å². The topological polar surface area (TPSA) is 61.9 Å². The lowest BCUT2D eigenvalue weighted by Gasteiger charge is -2.29. The Bertz CT molecular complexity index is 830. The molecule has 29 heavy (non-hydrogen) atoms. The van der Waals surface area contributed by atoms with Gasteiger partial charge in [0.2, 0.25) is 11.8 Å². The molecule has 1 heterocycles.